The average Bonchev–Trinajstić information content (AvgIpc) is 2.76. The normalized spacial score (nSPS) is 26.1. The first-order valence-corrected chi connectivity index (χ1v) is 7.04. The third-order valence-electron chi connectivity index (χ3n) is 4.04. The van der Waals surface area contributed by atoms with Gasteiger partial charge in [0.25, 0.3) is 0 Å². The summed E-state index contributed by atoms with van der Waals surface area (Å²) in [7, 11) is 0. The molecule has 2 nitrogen and oxygen atoms in total. The minimum atomic E-state index is 0.372. The van der Waals surface area contributed by atoms with Crippen molar-refractivity contribution in [3.8, 4) is 0 Å². The Hall–Kier alpha value is -0.500. The fourth-order valence-electron chi connectivity index (χ4n) is 2.82. The second-order valence-electron chi connectivity index (χ2n) is 6.20. The van der Waals surface area contributed by atoms with Gasteiger partial charge in [-0.3, -0.25) is 0 Å². The number of halogens is 1. The summed E-state index contributed by atoms with van der Waals surface area (Å²) in [5, 5.41) is 0. The van der Waals surface area contributed by atoms with Gasteiger partial charge in [-0.15, -0.1) is 11.6 Å². The number of aromatic nitrogens is 1. The minimum absolute atomic E-state index is 0.372. The quantitative estimate of drug-likeness (QED) is 0.714. The number of alkyl halides is 1. The summed E-state index contributed by atoms with van der Waals surface area (Å²) in [6.07, 6.45) is 6.90. The first-order valence-electron chi connectivity index (χ1n) is 6.51. The highest BCUT2D eigenvalue weighted by atomic mass is 35.5. The predicted octanol–water partition coefficient (Wildman–Crippen LogP) is 4.73. The van der Waals surface area contributed by atoms with Gasteiger partial charge in [0.15, 0.2) is 0 Å². The Labute approximate surface area is 109 Å². The summed E-state index contributed by atoms with van der Waals surface area (Å²) in [6, 6.07) is 0. The van der Waals surface area contributed by atoms with Gasteiger partial charge in [-0.05, 0) is 37.0 Å². The molecule has 0 aromatic carbocycles. The molecule has 1 aliphatic rings. The molecule has 2 rings (SSSR count). The van der Waals surface area contributed by atoms with Gasteiger partial charge in [-0.25, -0.2) is 4.98 Å². The van der Waals surface area contributed by atoms with Crippen molar-refractivity contribution in [2.45, 2.75) is 58.3 Å². The number of oxazole rings is 1. The zero-order valence-corrected chi connectivity index (χ0v) is 11.8. The second kappa shape index (κ2) is 5.01. The Balaban J connectivity index is 1.95. The molecule has 1 aliphatic carbocycles. The maximum atomic E-state index is 5.71. The third kappa shape index (κ3) is 3.04. The number of rotatable bonds is 2. The van der Waals surface area contributed by atoms with E-state index in [1.165, 1.54) is 25.7 Å². The van der Waals surface area contributed by atoms with Gasteiger partial charge >= 0.3 is 0 Å². The molecule has 3 heteroatoms. The molecule has 0 spiro atoms. The average molecular weight is 256 g/mol. The molecule has 0 amide bonds. The molecule has 1 aromatic heterocycles. The third-order valence-corrected chi connectivity index (χ3v) is 4.27. The molecule has 1 aromatic rings. The van der Waals surface area contributed by atoms with Gasteiger partial charge in [-0.1, -0.05) is 20.8 Å². The standard InChI is InChI=1S/C14H22ClNO/c1-14(2,3)11-6-4-10(5-7-11)12-9-16-13(8-15)17-12/h9-11H,4-8H2,1-3H3. The Kier molecular flexibility index (Phi) is 3.82. The van der Waals surface area contributed by atoms with E-state index in [-0.39, 0.29) is 0 Å². The maximum absolute atomic E-state index is 5.71. The zero-order chi connectivity index (χ0) is 12.5. The van der Waals surface area contributed by atoms with Crippen molar-refractivity contribution in [2.75, 3.05) is 0 Å². The Morgan fingerprint density at radius 1 is 1.29 bits per heavy atom. The molecule has 96 valence electrons. The van der Waals surface area contributed by atoms with Crippen LogP contribution < -0.4 is 0 Å². The lowest BCUT2D eigenvalue weighted by atomic mass is 9.69. The Morgan fingerprint density at radius 3 is 2.41 bits per heavy atom. The first-order chi connectivity index (χ1) is 8.00. The van der Waals surface area contributed by atoms with Crippen LogP contribution in [0.15, 0.2) is 10.6 Å². The van der Waals surface area contributed by atoms with Gasteiger partial charge < -0.3 is 4.42 Å². The van der Waals surface area contributed by atoms with Crippen molar-refractivity contribution >= 4 is 11.6 Å². The monoisotopic (exact) mass is 255 g/mol. The van der Waals surface area contributed by atoms with Crippen LogP contribution in [0.5, 0.6) is 0 Å². The Morgan fingerprint density at radius 2 is 1.94 bits per heavy atom. The number of nitrogens with zero attached hydrogens (tertiary/aromatic N) is 1. The molecule has 0 atom stereocenters. The molecule has 0 unspecified atom stereocenters. The molecule has 1 saturated carbocycles. The summed E-state index contributed by atoms with van der Waals surface area (Å²) in [4.78, 5) is 4.18. The smallest absolute Gasteiger partial charge is 0.209 e. The van der Waals surface area contributed by atoms with Crippen LogP contribution in [0, 0.1) is 11.3 Å². The van der Waals surface area contributed by atoms with Gasteiger partial charge in [0, 0.05) is 5.92 Å². The molecule has 0 bridgehead atoms. The van der Waals surface area contributed by atoms with Crippen LogP contribution in [0.3, 0.4) is 0 Å². The second-order valence-corrected chi connectivity index (χ2v) is 6.47. The molecule has 0 radical (unpaired) electrons. The van der Waals surface area contributed by atoms with E-state index in [1.807, 2.05) is 6.20 Å². The van der Waals surface area contributed by atoms with E-state index in [9.17, 15) is 0 Å². The molecule has 17 heavy (non-hydrogen) atoms. The van der Waals surface area contributed by atoms with E-state index in [0.717, 1.165) is 11.7 Å². The molecule has 0 saturated heterocycles. The number of hydrogen-bond acceptors (Lipinski definition) is 2. The van der Waals surface area contributed by atoms with Crippen LogP contribution in [0.2, 0.25) is 0 Å². The fourth-order valence-corrected chi connectivity index (χ4v) is 2.94. The lowest BCUT2D eigenvalue weighted by Gasteiger charge is -2.36. The van der Waals surface area contributed by atoms with Crippen molar-refractivity contribution in [2.24, 2.45) is 11.3 Å². The van der Waals surface area contributed by atoms with E-state index in [4.69, 9.17) is 16.0 Å². The van der Waals surface area contributed by atoms with Crippen molar-refractivity contribution < 1.29 is 4.42 Å². The van der Waals surface area contributed by atoms with E-state index in [2.05, 4.69) is 25.8 Å². The predicted molar refractivity (Wildman–Crippen MR) is 70.2 cm³/mol. The van der Waals surface area contributed by atoms with E-state index in [1.54, 1.807) is 0 Å². The van der Waals surface area contributed by atoms with Gasteiger partial charge in [0.1, 0.15) is 5.76 Å². The molecule has 0 aliphatic heterocycles. The van der Waals surface area contributed by atoms with Gasteiger partial charge in [-0.2, -0.15) is 0 Å². The van der Waals surface area contributed by atoms with Crippen LogP contribution in [0.1, 0.15) is 64.0 Å². The van der Waals surface area contributed by atoms with Crippen molar-refractivity contribution in [3.63, 3.8) is 0 Å². The van der Waals surface area contributed by atoms with Gasteiger partial charge in [0.05, 0.1) is 12.1 Å². The molecule has 1 heterocycles. The SMILES string of the molecule is CC(C)(C)C1CCC(c2cnc(CCl)o2)CC1. The summed E-state index contributed by atoms with van der Waals surface area (Å²) in [6.45, 7) is 7.04. The Bertz CT molecular complexity index is 359. The highest BCUT2D eigenvalue weighted by molar-refractivity contribution is 6.16. The fraction of sp³-hybridized carbons (Fsp3) is 0.786. The van der Waals surface area contributed by atoms with Crippen molar-refractivity contribution in [3.05, 3.63) is 17.8 Å². The van der Waals surface area contributed by atoms with Crippen molar-refractivity contribution in [1.82, 2.24) is 4.98 Å². The van der Waals surface area contributed by atoms with Crippen LogP contribution in [0.4, 0.5) is 0 Å². The van der Waals surface area contributed by atoms with Crippen LogP contribution in [-0.2, 0) is 5.88 Å². The zero-order valence-electron chi connectivity index (χ0n) is 11.0. The lowest BCUT2D eigenvalue weighted by molar-refractivity contribution is 0.163. The summed E-state index contributed by atoms with van der Waals surface area (Å²) >= 11 is 5.71. The first kappa shape index (κ1) is 12.9. The van der Waals surface area contributed by atoms with E-state index >= 15 is 0 Å². The van der Waals surface area contributed by atoms with Crippen LogP contribution in [-0.4, -0.2) is 4.98 Å². The van der Waals surface area contributed by atoms with Crippen molar-refractivity contribution in [1.29, 1.82) is 0 Å². The van der Waals surface area contributed by atoms with E-state index in [0.29, 0.717) is 23.1 Å². The molecular weight excluding hydrogens is 234 g/mol. The summed E-state index contributed by atoms with van der Waals surface area (Å²) in [5.74, 6) is 3.46. The van der Waals surface area contributed by atoms with Crippen LogP contribution in [0.25, 0.3) is 0 Å². The summed E-state index contributed by atoms with van der Waals surface area (Å²) in [5.41, 5.74) is 0.438. The highest BCUT2D eigenvalue weighted by Gasteiger charge is 2.31. The minimum Gasteiger partial charge on any atom is -0.444 e. The topological polar surface area (TPSA) is 26.0 Å². The summed E-state index contributed by atoms with van der Waals surface area (Å²) < 4.78 is 5.65. The largest absolute Gasteiger partial charge is 0.444 e. The van der Waals surface area contributed by atoms with Crippen LogP contribution >= 0.6 is 11.6 Å². The molecular formula is C14H22ClNO. The highest BCUT2D eigenvalue weighted by Crippen LogP contribution is 2.43. The molecule has 0 N–H and O–H groups in total. The lowest BCUT2D eigenvalue weighted by Crippen LogP contribution is -2.25. The van der Waals surface area contributed by atoms with Gasteiger partial charge in [0.2, 0.25) is 5.89 Å². The molecule has 1 fully saturated rings. The van der Waals surface area contributed by atoms with E-state index < -0.39 is 0 Å². The maximum Gasteiger partial charge on any atom is 0.209 e. The number of hydrogen-bond donors (Lipinski definition) is 0.